The van der Waals surface area contributed by atoms with Gasteiger partial charge < -0.3 is 4.74 Å². The molecule has 0 radical (unpaired) electrons. The third kappa shape index (κ3) is 11.1. The van der Waals surface area contributed by atoms with Crippen LogP contribution in [0.2, 0.25) is 0 Å². The van der Waals surface area contributed by atoms with Gasteiger partial charge in [0.25, 0.3) is 0 Å². The van der Waals surface area contributed by atoms with E-state index < -0.39 is 0 Å². The van der Waals surface area contributed by atoms with Crippen LogP contribution in [0.4, 0.5) is 0 Å². The third-order valence-electron chi connectivity index (χ3n) is 3.43. The second kappa shape index (κ2) is 12.5. The molecule has 21 heavy (non-hydrogen) atoms. The van der Waals surface area contributed by atoms with Crippen LogP contribution in [0.15, 0.2) is 12.2 Å². The Kier molecular flexibility index (Phi) is 11.8. The molecule has 0 rings (SSSR count). The number of esters is 1. The number of hydrogen-bond donors (Lipinski definition) is 0. The summed E-state index contributed by atoms with van der Waals surface area (Å²) in [5, 5.41) is 0. The van der Waals surface area contributed by atoms with Gasteiger partial charge in [0.2, 0.25) is 0 Å². The van der Waals surface area contributed by atoms with E-state index in [-0.39, 0.29) is 18.0 Å². The van der Waals surface area contributed by atoms with Gasteiger partial charge in [0, 0.05) is 12.3 Å². The lowest BCUT2D eigenvalue weighted by atomic mass is 9.99. The molecular formula is C19H32O2. The van der Waals surface area contributed by atoms with Crippen molar-refractivity contribution < 1.29 is 9.53 Å². The Hall–Kier alpha value is -1.23. The van der Waals surface area contributed by atoms with E-state index in [0.29, 0.717) is 6.42 Å². The predicted molar refractivity (Wildman–Crippen MR) is 89.9 cm³/mol. The highest BCUT2D eigenvalue weighted by molar-refractivity contribution is 5.69. The molecule has 2 heteroatoms. The van der Waals surface area contributed by atoms with Gasteiger partial charge in [-0.05, 0) is 25.3 Å². The minimum absolute atomic E-state index is 0.115. The van der Waals surface area contributed by atoms with Crippen LogP contribution in [-0.2, 0) is 9.53 Å². The first-order valence-corrected chi connectivity index (χ1v) is 8.37. The SMILES string of the molecule is C=C(C)C#CC(OC(=O)CCCCCCC)C(C)CCC. The Labute approximate surface area is 131 Å². The summed E-state index contributed by atoms with van der Waals surface area (Å²) in [6.07, 6.45) is 7.98. The van der Waals surface area contributed by atoms with Crippen LogP contribution in [0.5, 0.6) is 0 Å². The van der Waals surface area contributed by atoms with Crippen LogP contribution in [0.25, 0.3) is 0 Å². The van der Waals surface area contributed by atoms with Crippen LogP contribution < -0.4 is 0 Å². The van der Waals surface area contributed by atoms with Gasteiger partial charge in [-0.25, -0.2) is 0 Å². The number of carbonyl (C=O) groups excluding carboxylic acids is 1. The average molecular weight is 292 g/mol. The smallest absolute Gasteiger partial charge is 0.307 e. The number of allylic oxidation sites excluding steroid dienone is 1. The Morgan fingerprint density at radius 2 is 1.81 bits per heavy atom. The minimum Gasteiger partial charge on any atom is -0.449 e. The molecule has 0 aliphatic rings. The van der Waals surface area contributed by atoms with E-state index in [1.165, 1.54) is 19.3 Å². The normalized spacial score (nSPS) is 13.0. The van der Waals surface area contributed by atoms with Crippen molar-refractivity contribution in [3.63, 3.8) is 0 Å². The zero-order valence-corrected chi connectivity index (χ0v) is 14.3. The standard InChI is InChI=1S/C19H32O2/c1-6-8-9-10-11-13-19(20)21-18(15-14-16(3)4)17(5)12-7-2/h17-18H,3,6-13H2,1-2,4-5H3. The molecule has 0 heterocycles. The molecular weight excluding hydrogens is 260 g/mol. The number of unbranched alkanes of at least 4 members (excludes halogenated alkanes) is 4. The second-order valence-electron chi connectivity index (χ2n) is 5.89. The second-order valence-corrected chi connectivity index (χ2v) is 5.89. The number of hydrogen-bond acceptors (Lipinski definition) is 2. The summed E-state index contributed by atoms with van der Waals surface area (Å²) in [6, 6.07) is 0. The number of carbonyl (C=O) groups is 1. The van der Waals surface area contributed by atoms with Crippen molar-refractivity contribution in [2.24, 2.45) is 5.92 Å². The molecule has 0 aliphatic carbocycles. The van der Waals surface area contributed by atoms with Crippen molar-refractivity contribution in [1.82, 2.24) is 0 Å². The summed E-state index contributed by atoms with van der Waals surface area (Å²) in [7, 11) is 0. The predicted octanol–water partition coefficient (Wildman–Crippen LogP) is 5.27. The molecule has 0 saturated carbocycles. The average Bonchev–Trinajstić information content (AvgIpc) is 2.43. The van der Waals surface area contributed by atoms with E-state index in [1.54, 1.807) is 0 Å². The lowest BCUT2D eigenvalue weighted by molar-refractivity contribution is -0.148. The van der Waals surface area contributed by atoms with E-state index >= 15 is 0 Å². The lowest BCUT2D eigenvalue weighted by Gasteiger charge is -2.19. The Bertz CT molecular complexity index is 359. The number of ether oxygens (including phenoxy) is 1. The zero-order valence-electron chi connectivity index (χ0n) is 14.3. The van der Waals surface area contributed by atoms with E-state index in [2.05, 4.69) is 39.2 Å². The fourth-order valence-corrected chi connectivity index (χ4v) is 2.16. The topological polar surface area (TPSA) is 26.3 Å². The highest BCUT2D eigenvalue weighted by Gasteiger charge is 2.18. The lowest BCUT2D eigenvalue weighted by Crippen LogP contribution is -2.24. The highest BCUT2D eigenvalue weighted by Crippen LogP contribution is 2.15. The number of rotatable bonds is 10. The molecule has 0 fully saturated rings. The fourth-order valence-electron chi connectivity index (χ4n) is 2.16. The summed E-state index contributed by atoms with van der Waals surface area (Å²) >= 11 is 0. The summed E-state index contributed by atoms with van der Waals surface area (Å²) in [5.41, 5.74) is 0.805. The van der Waals surface area contributed by atoms with Crippen molar-refractivity contribution in [3.8, 4) is 11.8 Å². The first kappa shape index (κ1) is 19.8. The summed E-state index contributed by atoms with van der Waals surface area (Å²) in [4.78, 5) is 11.9. The molecule has 0 aromatic heterocycles. The van der Waals surface area contributed by atoms with Gasteiger partial charge in [0.05, 0.1) is 0 Å². The molecule has 0 amide bonds. The summed E-state index contributed by atoms with van der Waals surface area (Å²) in [5.74, 6) is 6.16. The van der Waals surface area contributed by atoms with Crippen LogP contribution >= 0.6 is 0 Å². The molecule has 0 N–H and O–H groups in total. The minimum atomic E-state index is -0.301. The molecule has 0 aliphatic heterocycles. The largest absolute Gasteiger partial charge is 0.449 e. The van der Waals surface area contributed by atoms with Gasteiger partial charge in [-0.1, -0.05) is 71.3 Å². The van der Waals surface area contributed by atoms with Gasteiger partial charge in [0.15, 0.2) is 6.10 Å². The van der Waals surface area contributed by atoms with E-state index in [9.17, 15) is 4.79 Å². The van der Waals surface area contributed by atoms with Crippen molar-refractivity contribution in [2.75, 3.05) is 0 Å². The molecule has 2 unspecified atom stereocenters. The summed E-state index contributed by atoms with van der Waals surface area (Å²) < 4.78 is 5.57. The highest BCUT2D eigenvalue weighted by atomic mass is 16.5. The van der Waals surface area contributed by atoms with Crippen molar-refractivity contribution in [2.45, 2.75) is 85.2 Å². The third-order valence-corrected chi connectivity index (χ3v) is 3.43. The monoisotopic (exact) mass is 292 g/mol. The maximum absolute atomic E-state index is 11.9. The molecule has 2 nitrogen and oxygen atoms in total. The molecule has 0 bridgehead atoms. The van der Waals surface area contributed by atoms with Crippen LogP contribution in [0, 0.1) is 17.8 Å². The Balaban J connectivity index is 4.29. The Morgan fingerprint density at radius 1 is 1.14 bits per heavy atom. The Morgan fingerprint density at radius 3 is 2.38 bits per heavy atom. The molecule has 120 valence electrons. The van der Waals surface area contributed by atoms with Gasteiger partial charge in [-0.2, -0.15) is 0 Å². The quantitative estimate of drug-likeness (QED) is 0.311. The first-order valence-electron chi connectivity index (χ1n) is 8.37. The van der Waals surface area contributed by atoms with Crippen molar-refractivity contribution in [3.05, 3.63) is 12.2 Å². The maximum atomic E-state index is 11.9. The van der Waals surface area contributed by atoms with E-state index in [1.807, 2.05) is 6.92 Å². The fraction of sp³-hybridized carbons (Fsp3) is 0.737. The molecule has 2 atom stereocenters. The van der Waals surface area contributed by atoms with E-state index in [4.69, 9.17) is 4.74 Å². The van der Waals surface area contributed by atoms with Gasteiger partial charge in [-0.15, -0.1) is 0 Å². The van der Waals surface area contributed by atoms with E-state index in [0.717, 1.165) is 31.3 Å². The van der Waals surface area contributed by atoms with Crippen LogP contribution in [0.3, 0.4) is 0 Å². The summed E-state index contributed by atoms with van der Waals surface area (Å²) in [6.45, 7) is 12.1. The molecule has 0 aromatic carbocycles. The van der Waals surface area contributed by atoms with Crippen molar-refractivity contribution >= 4 is 5.97 Å². The van der Waals surface area contributed by atoms with Gasteiger partial charge in [0.1, 0.15) is 0 Å². The molecule has 0 saturated heterocycles. The molecule has 0 spiro atoms. The van der Waals surface area contributed by atoms with Gasteiger partial charge in [-0.3, -0.25) is 4.79 Å². The molecule has 0 aromatic rings. The van der Waals surface area contributed by atoms with Crippen molar-refractivity contribution in [1.29, 1.82) is 0 Å². The zero-order chi connectivity index (χ0) is 16.1. The first-order chi connectivity index (χ1) is 10.0. The van der Waals surface area contributed by atoms with Gasteiger partial charge >= 0.3 is 5.97 Å². The maximum Gasteiger partial charge on any atom is 0.307 e. The van der Waals surface area contributed by atoms with Crippen LogP contribution in [-0.4, -0.2) is 12.1 Å². The van der Waals surface area contributed by atoms with Crippen LogP contribution in [0.1, 0.15) is 79.1 Å².